The second-order valence-electron chi connectivity index (χ2n) is 6.92. The quantitative estimate of drug-likeness (QED) is 0.688. The number of hydrogen-bond acceptors (Lipinski definition) is 3. The molecule has 1 heterocycles. The zero-order valence-electron chi connectivity index (χ0n) is 14.9. The van der Waals surface area contributed by atoms with Crippen LogP contribution < -0.4 is 11.1 Å². The molecule has 1 saturated heterocycles. The number of piperidine rings is 1. The van der Waals surface area contributed by atoms with E-state index in [0.717, 1.165) is 43.4 Å². The zero-order valence-corrected chi connectivity index (χ0v) is 18.1. The summed E-state index contributed by atoms with van der Waals surface area (Å²) in [6.07, 6.45) is 2.74. The van der Waals surface area contributed by atoms with E-state index in [1.54, 1.807) is 0 Å². The second-order valence-corrected chi connectivity index (χ2v) is 7.84. The van der Waals surface area contributed by atoms with Crippen LogP contribution in [0.15, 0.2) is 28.7 Å². The Balaban J connectivity index is 0.00000288. The number of halogens is 3. The first-order valence-electron chi connectivity index (χ1n) is 8.47. The van der Waals surface area contributed by atoms with Crippen molar-refractivity contribution in [3.05, 3.63) is 34.3 Å². The Labute approximate surface area is 172 Å². The zero-order chi connectivity index (χ0) is 16.8. The first-order valence-corrected chi connectivity index (χ1v) is 9.26. The third kappa shape index (κ3) is 8.74. The van der Waals surface area contributed by atoms with Gasteiger partial charge in [-0.2, -0.15) is 0 Å². The van der Waals surface area contributed by atoms with E-state index in [1.807, 2.05) is 0 Å². The molecule has 1 aliphatic rings. The SMILES string of the molecule is CC(C)C[C@H](N)C(=O)NC1CCN(Cc2ccc(Br)cc2)CC1.Cl.Cl. The minimum Gasteiger partial charge on any atom is -0.352 e. The summed E-state index contributed by atoms with van der Waals surface area (Å²) in [4.78, 5) is 14.5. The lowest BCUT2D eigenvalue weighted by atomic mass is 10.0. The number of nitrogens with zero attached hydrogens (tertiary/aromatic N) is 1. The fourth-order valence-corrected chi connectivity index (χ4v) is 3.27. The summed E-state index contributed by atoms with van der Waals surface area (Å²) in [5, 5.41) is 3.12. The number of carbonyl (C=O) groups excluding carboxylic acids is 1. The Morgan fingerprint density at radius 2 is 1.80 bits per heavy atom. The number of rotatable bonds is 6. The maximum atomic E-state index is 12.1. The van der Waals surface area contributed by atoms with Crippen molar-refractivity contribution in [2.75, 3.05) is 13.1 Å². The summed E-state index contributed by atoms with van der Waals surface area (Å²) in [7, 11) is 0. The van der Waals surface area contributed by atoms with Crippen LogP contribution in [0.25, 0.3) is 0 Å². The molecule has 1 aromatic rings. The van der Waals surface area contributed by atoms with E-state index in [1.165, 1.54) is 5.56 Å². The summed E-state index contributed by atoms with van der Waals surface area (Å²) in [6.45, 7) is 7.18. The summed E-state index contributed by atoms with van der Waals surface area (Å²) < 4.78 is 1.11. The van der Waals surface area contributed by atoms with Gasteiger partial charge in [-0.25, -0.2) is 0 Å². The van der Waals surface area contributed by atoms with Gasteiger partial charge in [0, 0.05) is 30.1 Å². The Bertz CT molecular complexity index is 506. The van der Waals surface area contributed by atoms with Gasteiger partial charge in [-0.05, 0) is 42.9 Å². The maximum absolute atomic E-state index is 12.1. The van der Waals surface area contributed by atoms with Crippen molar-refractivity contribution in [1.29, 1.82) is 0 Å². The van der Waals surface area contributed by atoms with Crippen LogP contribution in [0.3, 0.4) is 0 Å². The summed E-state index contributed by atoms with van der Waals surface area (Å²) >= 11 is 3.46. The molecule has 25 heavy (non-hydrogen) atoms. The molecule has 0 aliphatic carbocycles. The lowest BCUT2D eigenvalue weighted by Gasteiger charge is -2.33. The molecule has 1 aliphatic heterocycles. The monoisotopic (exact) mass is 453 g/mol. The molecule has 144 valence electrons. The largest absolute Gasteiger partial charge is 0.352 e. The molecule has 3 N–H and O–H groups in total. The highest BCUT2D eigenvalue weighted by atomic mass is 79.9. The first kappa shape index (κ1) is 24.7. The number of likely N-dealkylation sites (tertiary alicyclic amines) is 1. The Hall–Kier alpha value is -0.330. The van der Waals surface area contributed by atoms with E-state index in [0.29, 0.717) is 5.92 Å². The van der Waals surface area contributed by atoms with Crippen LogP contribution in [0.4, 0.5) is 0 Å². The van der Waals surface area contributed by atoms with E-state index in [-0.39, 0.29) is 42.8 Å². The molecule has 0 aromatic heterocycles. The highest BCUT2D eigenvalue weighted by Gasteiger charge is 2.23. The van der Waals surface area contributed by atoms with E-state index >= 15 is 0 Å². The third-order valence-electron chi connectivity index (χ3n) is 4.32. The molecular formula is C18H30BrCl2N3O. The number of amides is 1. The van der Waals surface area contributed by atoms with Crippen molar-refractivity contribution >= 4 is 46.7 Å². The molecule has 1 amide bonds. The predicted octanol–water partition coefficient (Wildman–Crippen LogP) is 3.75. The van der Waals surface area contributed by atoms with Crippen LogP contribution in [0, 0.1) is 5.92 Å². The smallest absolute Gasteiger partial charge is 0.237 e. The van der Waals surface area contributed by atoms with Gasteiger partial charge < -0.3 is 11.1 Å². The molecule has 2 rings (SSSR count). The van der Waals surface area contributed by atoms with Crippen molar-refractivity contribution in [3.8, 4) is 0 Å². The van der Waals surface area contributed by atoms with Gasteiger partial charge in [0.15, 0.2) is 0 Å². The number of nitrogens with two attached hydrogens (primary N) is 1. The van der Waals surface area contributed by atoms with Gasteiger partial charge in [-0.3, -0.25) is 9.69 Å². The Morgan fingerprint density at radius 3 is 2.32 bits per heavy atom. The van der Waals surface area contributed by atoms with Crippen molar-refractivity contribution < 1.29 is 4.79 Å². The van der Waals surface area contributed by atoms with Crippen LogP contribution in [0.1, 0.15) is 38.7 Å². The van der Waals surface area contributed by atoms with Gasteiger partial charge in [-0.1, -0.05) is 41.9 Å². The summed E-state index contributed by atoms with van der Waals surface area (Å²) in [6, 6.07) is 8.36. The summed E-state index contributed by atoms with van der Waals surface area (Å²) in [5.41, 5.74) is 7.28. The molecule has 7 heteroatoms. The molecule has 1 fully saturated rings. The molecule has 0 spiro atoms. The van der Waals surface area contributed by atoms with E-state index in [4.69, 9.17) is 5.73 Å². The highest BCUT2D eigenvalue weighted by molar-refractivity contribution is 9.10. The van der Waals surface area contributed by atoms with Gasteiger partial charge >= 0.3 is 0 Å². The maximum Gasteiger partial charge on any atom is 0.237 e. The van der Waals surface area contributed by atoms with Crippen molar-refractivity contribution in [3.63, 3.8) is 0 Å². The molecule has 0 saturated carbocycles. The van der Waals surface area contributed by atoms with Crippen LogP contribution in [0.2, 0.25) is 0 Å². The van der Waals surface area contributed by atoms with Crippen molar-refractivity contribution in [2.24, 2.45) is 11.7 Å². The van der Waals surface area contributed by atoms with Gasteiger partial charge in [0.25, 0.3) is 0 Å². The lowest BCUT2D eigenvalue weighted by Crippen LogP contribution is -2.49. The van der Waals surface area contributed by atoms with Gasteiger partial charge in [0.2, 0.25) is 5.91 Å². The highest BCUT2D eigenvalue weighted by Crippen LogP contribution is 2.16. The van der Waals surface area contributed by atoms with Crippen LogP contribution in [0.5, 0.6) is 0 Å². The van der Waals surface area contributed by atoms with Crippen LogP contribution in [-0.4, -0.2) is 36.0 Å². The fourth-order valence-electron chi connectivity index (χ4n) is 3.01. The van der Waals surface area contributed by atoms with Crippen LogP contribution in [-0.2, 0) is 11.3 Å². The molecule has 0 bridgehead atoms. The number of hydrogen-bond donors (Lipinski definition) is 2. The average molecular weight is 455 g/mol. The number of carbonyl (C=O) groups is 1. The molecule has 1 atom stereocenters. The molecule has 0 unspecified atom stereocenters. The lowest BCUT2D eigenvalue weighted by molar-refractivity contribution is -0.123. The predicted molar refractivity (Wildman–Crippen MR) is 113 cm³/mol. The average Bonchev–Trinajstić information content (AvgIpc) is 2.51. The first-order chi connectivity index (χ1) is 10.9. The normalized spacial score (nSPS) is 16.7. The number of benzene rings is 1. The Morgan fingerprint density at radius 1 is 1.24 bits per heavy atom. The topological polar surface area (TPSA) is 58.4 Å². The van der Waals surface area contributed by atoms with E-state index < -0.39 is 0 Å². The van der Waals surface area contributed by atoms with Crippen molar-refractivity contribution in [1.82, 2.24) is 10.2 Å². The van der Waals surface area contributed by atoms with Gasteiger partial charge in [0.05, 0.1) is 6.04 Å². The third-order valence-corrected chi connectivity index (χ3v) is 4.84. The minimum atomic E-state index is -0.379. The van der Waals surface area contributed by atoms with Gasteiger partial charge in [0.1, 0.15) is 0 Å². The number of nitrogens with one attached hydrogen (secondary N) is 1. The van der Waals surface area contributed by atoms with Gasteiger partial charge in [-0.15, -0.1) is 24.8 Å². The fraction of sp³-hybridized carbons (Fsp3) is 0.611. The second kappa shape index (κ2) is 12.1. The molecule has 1 aromatic carbocycles. The minimum absolute atomic E-state index is 0. The standard InChI is InChI=1S/C18H28BrN3O.2ClH/c1-13(2)11-17(20)18(23)21-16-7-9-22(10-8-16)12-14-3-5-15(19)6-4-14;;/h3-6,13,16-17H,7-12,20H2,1-2H3,(H,21,23);2*1H/t17-;;/m0../s1. The van der Waals surface area contributed by atoms with Crippen LogP contribution >= 0.6 is 40.7 Å². The molecule has 0 radical (unpaired) electrons. The molecular weight excluding hydrogens is 425 g/mol. The van der Waals surface area contributed by atoms with E-state index in [9.17, 15) is 4.79 Å². The van der Waals surface area contributed by atoms with E-state index in [2.05, 4.69) is 64.3 Å². The Kier molecular flexibility index (Phi) is 12.0. The molecule has 4 nitrogen and oxygen atoms in total. The van der Waals surface area contributed by atoms with Crippen molar-refractivity contribution in [2.45, 2.75) is 51.7 Å². The summed E-state index contributed by atoms with van der Waals surface area (Å²) in [5.74, 6) is 0.452.